The van der Waals surface area contributed by atoms with E-state index in [2.05, 4.69) is 51.2 Å². The van der Waals surface area contributed by atoms with E-state index in [0.717, 1.165) is 56.9 Å². The van der Waals surface area contributed by atoms with Gasteiger partial charge in [-0.3, -0.25) is 4.79 Å². The number of aliphatic hydroxyl groups is 4. The monoisotopic (exact) mass is 853 g/mol. The first-order valence-electron chi connectivity index (χ1n) is 23.3. The number of fused-ring (bicyclic) bond motifs is 1. The molecule has 0 aromatic heterocycles. The van der Waals surface area contributed by atoms with Crippen LogP contribution in [0.15, 0.2) is 23.8 Å². The van der Waals surface area contributed by atoms with Crippen molar-refractivity contribution in [1.82, 2.24) is 5.32 Å². The number of aldehydes is 1. The zero-order chi connectivity index (χ0) is 43.9. The molecule has 1 aliphatic heterocycles. The van der Waals surface area contributed by atoms with E-state index in [9.17, 15) is 45.0 Å². The van der Waals surface area contributed by atoms with E-state index >= 15 is 0 Å². The van der Waals surface area contributed by atoms with Gasteiger partial charge in [0.2, 0.25) is 0 Å². The molecule has 61 heavy (non-hydrogen) atoms. The average molecular weight is 854 g/mol. The van der Waals surface area contributed by atoms with Crippen LogP contribution < -0.4 is 5.32 Å². The Bertz CT molecular complexity index is 1850. The summed E-state index contributed by atoms with van der Waals surface area (Å²) >= 11 is 0. The number of methoxy groups -OCH3 is 1. The Labute approximate surface area is 360 Å². The van der Waals surface area contributed by atoms with Crippen molar-refractivity contribution in [2.75, 3.05) is 27.3 Å². The van der Waals surface area contributed by atoms with Gasteiger partial charge in [-0.1, -0.05) is 57.9 Å². The Morgan fingerprint density at radius 1 is 1.00 bits per heavy atom. The van der Waals surface area contributed by atoms with Crippen molar-refractivity contribution in [2.45, 2.75) is 148 Å². The van der Waals surface area contributed by atoms with Crippen molar-refractivity contribution in [3.63, 3.8) is 0 Å². The van der Waals surface area contributed by atoms with Gasteiger partial charge in [-0.05, 0) is 135 Å². The van der Waals surface area contributed by atoms with Gasteiger partial charge in [0.05, 0.1) is 29.6 Å². The summed E-state index contributed by atoms with van der Waals surface area (Å²) in [6.45, 7) is 10.1. The lowest BCUT2D eigenvalue weighted by atomic mass is 9.22. The number of aliphatic hydroxyl groups excluding tert-OH is 4. The molecule has 1 heterocycles. The smallest absolute Gasteiger partial charge is 0.335 e. The molecule has 6 saturated carbocycles. The topological polar surface area (TPSA) is 212 Å². The summed E-state index contributed by atoms with van der Waals surface area (Å²) in [5.74, 6) is -1.91. The van der Waals surface area contributed by atoms with E-state index in [0.29, 0.717) is 45.1 Å². The molecule has 0 radical (unpaired) electrons. The maximum Gasteiger partial charge on any atom is 0.335 e. The van der Waals surface area contributed by atoms with Crippen LogP contribution in [0.5, 0.6) is 0 Å². The number of aliphatic carboxylic acids is 2. The Balaban J connectivity index is 1.23. The summed E-state index contributed by atoms with van der Waals surface area (Å²) in [5, 5.41) is 70.7. The van der Waals surface area contributed by atoms with E-state index in [1.807, 2.05) is 7.05 Å². The third-order valence-electron chi connectivity index (χ3n) is 20.3. The van der Waals surface area contributed by atoms with Crippen molar-refractivity contribution < 1.29 is 59.2 Å². The number of carbonyl (C=O) groups is 3. The fraction of sp³-hybridized carbons (Fsp3) is 0.854. The number of carboxylic acid groups (broad SMARTS) is 2. The second-order valence-corrected chi connectivity index (χ2v) is 22.5. The highest BCUT2D eigenvalue weighted by Gasteiger charge is 2.83. The third-order valence-corrected chi connectivity index (χ3v) is 20.3. The number of rotatable bonds is 11. The van der Waals surface area contributed by atoms with Crippen LogP contribution in [-0.4, -0.2) is 119 Å². The van der Waals surface area contributed by atoms with E-state index in [1.165, 1.54) is 0 Å². The van der Waals surface area contributed by atoms with Gasteiger partial charge in [0.25, 0.3) is 0 Å². The fourth-order valence-corrected chi connectivity index (χ4v) is 18.6. The van der Waals surface area contributed by atoms with Gasteiger partial charge in [-0.25, -0.2) is 4.79 Å². The minimum Gasteiger partial charge on any atom is -0.481 e. The molecule has 1 saturated heterocycles. The van der Waals surface area contributed by atoms with Crippen molar-refractivity contribution in [3.05, 3.63) is 23.8 Å². The SMILES string of the molecule is CNCC1CC2C=C3C45C=CCC(C)(CC(COC)C4(C(=O)O)CC4CCCC6(CCC7C(C)(C)C(OC8OC(C(=O)O)C(O)C(O)C8O)CC1C7(C)C26)C34CCC=O)C5O. The number of ether oxygens (including phenoxy) is 3. The molecule has 13 nitrogen and oxygen atoms in total. The van der Waals surface area contributed by atoms with Crippen LogP contribution in [0.3, 0.4) is 0 Å². The minimum atomic E-state index is -1.81. The van der Waals surface area contributed by atoms with E-state index in [1.54, 1.807) is 7.11 Å². The first-order valence-corrected chi connectivity index (χ1v) is 23.3. The normalized spacial score (nSPS) is 53.7. The minimum absolute atomic E-state index is 0.00317. The lowest BCUT2D eigenvalue weighted by Gasteiger charge is -2.81. The Kier molecular flexibility index (Phi) is 10.6. The largest absolute Gasteiger partial charge is 0.481 e. The fourth-order valence-electron chi connectivity index (χ4n) is 18.6. The second kappa shape index (κ2) is 14.6. The highest BCUT2D eigenvalue weighted by atomic mass is 16.7. The van der Waals surface area contributed by atoms with E-state index in [4.69, 9.17) is 14.2 Å². The molecule has 20 atom stereocenters. The van der Waals surface area contributed by atoms with Crippen LogP contribution in [0.1, 0.15) is 105 Å². The van der Waals surface area contributed by atoms with Gasteiger partial charge in [0.15, 0.2) is 12.4 Å². The van der Waals surface area contributed by atoms with Gasteiger partial charge in [-0.15, -0.1) is 0 Å². The van der Waals surface area contributed by atoms with Crippen molar-refractivity contribution >= 4 is 18.2 Å². The number of carbonyl (C=O) groups excluding carboxylic acids is 1. The molecule has 0 aromatic carbocycles. The molecule has 20 unspecified atom stereocenters. The first-order chi connectivity index (χ1) is 28.8. The van der Waals surface area contributed by atoms with Crippen LogP contribution in [0, 0.1) is 79.3 Å². The number of nitrogens with one attached hydrogen (secondary N) is 1. The average Bonchev–Trinajstić information content (AvgIpc) is 3.19. The molecule has 9 aliphatic rings. The number of allylic oxidation sites excluding steroid dienone is 2. The van der Waals surface area contributed by atoms with Crippen LogP contribution in [-0.2, 0) is 28.6 Å². The zero-order valence-corrected chi connectivity index (χ0v) is 36.9. The quantitative estimate of drug-likeness (QED) is 0.0877. The Hall–Kier alpha value is -2.23. The molecule has 8 aliphatic carbocycles. The van der Waals surface area contributed by atoms with E-state index in [-0.39, 0.29) is 52.3 Å². The highest BCUT2D eigenvalue weighted by molar-refractivity contribution is 5.80. The molecule has 13 heteroatoms. The van der Waals surface area contributed by atoms with Gasteiger partial charge in [-0.2, -0.15) is 0 Å². The molecule has 340 valence electrons. The van der Waals surface area contributed by atoms with E-state index < -0.39 is 81.9 Å². The van der Waals surface area contributed by atoms with Gasteiger partial charge in [0, 0.05) is 24.9 Å². The van der Waals surface area contributed by atoms with Gasteiger partial charge in [0.1, 0.15) is 24.6 Å². The predicted octanol–water partition coefficient (Wildman–Crippen LogP) is 4.34. The van der Waals surface area contributed by atoms with Crippen LogP contribution in [0.4, 0.5) is 0 Å². The molecule has 0 aromatic rings. The lowest BCUT2D eigenvalue weighted by Crippen LogP contribution is -2.78. The third kappa shape index (κ3) is 5.32. The molecule has 2 bridgehead atoms. The van der Waals surface area contributed by atoms with Crippen LogP contribution >= 0.6 is 0 Å². The maximum atomic E-state index is 14.5. The summed E-state index contributed by atoms with van der Waals surface area (Å²) in [6, 6.07) is 0. The predicted molar refractivity (Wildman–Crippen MR) is 221 cm³/mol. The molecule has 7 N–H and O–H groups in total. The molecule has 0 amide bonds. The molecular formula is C48H71NO12. The zero-order valence-electron chi connectivity index (χ0n) is 36.9. The molecule has 7 fully saturated rings. The standard InChI is InChI=1S/C48H71NO12/c1-42(2)30-11-16-45-13-7-10-27-22-48(41(57)58)28(24-59-6)21-43(3)12-8-14-47(48,40(43)56)31(46(27,45)15-9-17-50)19-25-18-26(23-49-5)29(44(30,4)37(25)45)20-32(42)60-39-35(53)33(51)34(52)36(61-39)38(54)55/h8,14,17,19,25-30,32-37,39-40,49,51-53,56H,7,9-13,15-16,18,20-24H2,1-6H3,(H,54,55)(H,57,58). The van der Waals surface area contributed by atoms with Crippen LogP contribution in [0.2, 0.25) is 0 Å². The summed E-state index contributed by atoms with van der Waals surface area (Å²) in [5.41, 5.74) is -3.43. The number of hydrogen-bond donors (Lipinski definition) is 7. The summed E-state index contributed by atoms with van der Waals surface area (Å²) in [7, 11) is 3.63. The summed E-state index contributed by atoms with van der Waals surface area (Å²) < 4.78 is 18.4. The Morgan fingerprint density at radius 3 is 2.43 bits per heavy atom. The molecular weight excluding hydrogens is 783 g/mol. The number of hydrogen-bond acceptors (Lipinski definition) is 11. The van der Waals surface area contributed by atoms with Crippen molar-refractivity contribution in [2.24, 2.45) is 79.3 Å². The molecule has 9 rings (SSSR count). The summed E-state index contributed by atoms with van der Waals surface area (Å²) in [4.78, 5) is 39.3. The molecule has 2 spiro atoms. The highest BCUT2D eigenvalue weighted by Crippen LogP contribution is 2.86. The summed E-state index contributed by atoms with van der Waals surface area (Å²) in [6.07, 6.45) is 6.63. The van der Waals surface area contributed by atoms with Crippen molar-refractivity contribution in [3.8, 4) is 0 Å². The maximum absolute atomic E-state index is 14.5. The first kappa shape index (κ1) is 44.0. The van der Waals surface area contributed by atoms with Gasteiger partial charge >= 0.3 is 11.9 Å². The lowest BCUT2D eigenvalue weighted by molar-refractivity contribution is -0.341. The van der Waals surface area contributed by atoms with Crippen LogP contribution in [0.25, 0.3) is 0 Å². The van der Waals surface area contributed by atoms with Gasteiger partial charge < -0.3 is 55.0 Å². The number of carboxylic acids is 2. The van der Waals surface area contributed by atoms with Crippen molar-refractivity contribution in [1.29, 1.82) is 0 Å². The second-order valence-electron chi connectivity index (χ2n) is 22.5. The Morgan fingerprint density at radius 2 is 1.75 bits per heavy atom.